The van der Waals surface area contributed by atoms with Crippen LogP contribution >= 0.6 is 0 Å². The highest BCUT2D eigenvalue weighted by Crippen LogP contribution is 2.25. The summed E-state index contributed by atoms with van der Waals surface area (Å²) in [6.07, 6.45) is 0.274. The van der Waals surface area contributed by atoms with Crippen molar-refractivity contribution in [1.82, 2.24) is 0 Å². The molecule has 0 aliphatic rings. The van der Waals surface area contributed by atoms with Crippen molar-refractivity contribution in [2.75, 3.05) is 13.2 Å². The average molecular weight is 237 g/mol. The standard InChI is InChI=1S/C14H23NO2/c1-10(2)17-14-6-5-13(9-11(14)3)12(4)16-8-7-15/h5-6,9-10,12H,7-8,15H2,1-4H3. The smallest absolute Gasteiger partial charge is 0.122 e. The Labute approximate surface area is 104 Å². The molecule has 0 heterocycles. The molecule has 0 aromatic heterocycles. The molecule has 17 heavy (non-hydrogen) atoms. The van der Waals surface area contributed by atoms with Crippen LogP contribution in [0.4, 0.5) is 0 Å². The molecule has 0 bridgehead atoms. The lowest BCUT2D eigenvalue weighted by Crippen LogP contribution is -2.11. The summed E-state index contributed by atoms with van der Waals surface area (Å²) in [5.41, 5.74) is 7.72. The summed E-state index contributed by atoms with van der Waals surface area (Å²) >= 11 is 0. The number of benzene rings is 1. The molecule has 0 radical (unpaired) electrons. The summed E-state index contributed by atoms with van der Waals surface area (Å²) < 4.78 is 11.3. The predicted octanol–water partition coefficient (Wildman–Crippen LogP) is 2.82. The molecule has 0 saturated carbocycles. The fourth-order valence-electron chi connectivity index (χ4n) is 1.65. The molecule has 2 N–H and O–H groups in total. The minimum atomic E-state index is 0.0744. The fraction of sp³-hybridized carbons (Fsp3) is 0.571. The minimum Gasteiger partial charge on any atom is -0.491 e. The lowest BCUT2D eigenvalue weighted by atomic mass is 10.1. The predicted molar refractivity (Wildman–Crippen MR) is 70.4 cm³/mol. The first-order valence-electron chi connectivity index (χ1n) is 6.13. The molecule has 1 atom stereocenters. The molecule has 0 aliphatic heterocycles. The van der Waals surface area contributed by atoms with Gasteiger partial charge >= 0.3 is 0 Å². The molecular weight excluding hydrogens is 214 g/mol. The van der Waals surface area contributed by atoms with E-state index in [1.807, 2.05) is 32.9 Å². The van der Waals surface area contributed by atoms with E-state index >= 15 is 0 Å². The van der Waals surface area contributed by atoms with E-state index < -0.39 is 0 Å². The van der Waals surface area contributed by atoms with Gasteiger partial charge in [0.15, 0.2) is 0 Å². The van der Waals surface area contributed by atoms with Gasteiger partial charge in [0.2, 0.25) is 0 Å². The highest BCUT2D eigenvalue weighted by atomic mass is 16.5. The lowest BCUT2D eigenvalue weighted by Gasteiger charge is -2.16. The van der Waals surface area contributed by atoms with Crippen molar-refractivity contribution >= 4 is 0 Å². The molecule has 0 aliphatic carbocycles. The Hall–Kier alpha value is -1.06. The highest BCUT2D eigenvalue weighted by molar-refractivity contribution is 5.37. The van der Waals surface area contributed by atoms with E-state index in [1.54, 1.807) is 0 Å². The molecule has 1 aromatic carbocycles. The second kappa shape index (κ2) is 6.62. The van der Waals surface area contributed by atoms with E-state index in [4.69, 9.17) is 15.2 Å². The van der Waals surface area contributed by atoms with Crippen LogP contribution in [0.2, 0.25) is 0 Å². The molecule has 1 rings (SSSR count). The van der Waals surface area contributed by atoms with Crippen molar-refractivity contribution in [3.8, 4) is 5.75 Å². The van der Waals surface area contributed by atoms with Gasteiger partial charge in [-0.05, 0) is 51.0 Å². The second-order valence-corrected chi connectivity index (χ2v) is 4.49. The van der Waals surface area contributed by atoms with E-state index in [9.17, 15) is 0 Å². The number of aryl methyl sites for hydroxylation is 1. The van der Waals surface area contributed by atoms with Gasteiger partial charge in [-0.15, -0.1) is 0 Å². The summed E-state index contributed by atoms with van der Waals surface area (Å²) in [5, 5.41) is 0. The van der Waals surface area contributed by atoms with Crippen molar-refractivity contribution in [1.29, 1.82) is 0 Å². The van der Waals surface area contributed by atoms with Crippen molar-refractivity contribution in [2.45, 2.75) is 39.9 Å². The maximum Gasteiger partial charge on any atom is 0.122 e. The Kier molecular flexibility index (Phi) is 5.45. The van der Waals surface area contributed by atoms with E-state index in [0.29, 0.717) is 13.2 Å². The molecule has 0 amide bonds. The van der Waals surface area contributed by atoms with Crippen molar-refractivity contribution in [3.05, 3.63) is 29.3 Å². The summed E-state index contributed by atoms with van der Waals surface area (Å²) in [7, 11) is 0. The van der Waals surface area contributed by atoms with Gasteiger partial charge in [-0.3, -0.25) is 0 Å². The van der Waals surface area contributed by atoms with Crippen LogP contribution in [-0.4, -0.2) is 19.3 Å². The van der Waals surface area contributed by atoms with Gasteiger partial charge in [-0.1, -0.05) is 6.07 Å². The minimum absolute atomic E-state index is 0.0744. The number of nitrogens with two attached hydrogens (primary N) is 1. The van der Waals surface area contributed by atoms with Gasteiger partial charge in [0, 0.05) is 6.54 Å². The normalized spacial score (nSPS) is 12.8. The van der Waals surface area contributed by atoms with E-state index in [-0.39, 0.29) is 12.2 Å². The zero-order chi connectivity index (χ0) is 12.8. The Bertz CT molecular complexity index is 350. The summed E-state index contributed by atoms with van der Waals surface area (Å²) in [6.45, 7) is 9.28. The summed E-state index contributed by atoms with van der Waals surface area (Å²) in [5.74, 6) is 0.940. The number of rotatable bonds is 6. The van der Waals surface area contributed by atoms with Crippen LogP contribution in [0, 0.1) is 6.92 Å². The first-order chi connectivity index (χ1) is 8.04. The maximum atomic E-state index is 5.70. The third-order valence-corrected chi connectivity index (χ3v) is 2.52. The third kappa shape index (κ3) is 4.36. The quantitative estimate of drug-likeness (QED) is 0.827. The number of hydrogen-bond donors (Lipinski definition) is 1. The van der Waals surface area contributed by atoms with Crippen LogP contribution in [0.1, 0.15) is 38.0 Å². The second-order valence-electron chi connectivity index (χ2n) is 4.49. The van der Waals surface area contributed by atoms with Crippen LogP contribution in [0.3, 0.4) is 0 Å². The molecule has 0 saturated heterocycles. The lowest BCUT2D eigenvalue weighted by molar-refractivity contribution is 0.0717. The number of ether oxygens (including phenoxy) is 2. The fourth-order valence-corrected chi connectivity index (χ4v) is 1.65. The molecule has 0 spiro atoms. The molecule has 1 aromatic rings. The number of hydrogen-bond acceptors (Lipinski definition) is 3. The SMILES string of the molecule is Cc1cc(C(C)OCCN)ccc1OC(C)C. The van der Waals surface area contributed by atoms with Crippen LogP contribution in [0.5, 0.6) is 5.75 Å². The third-order valence-electron chi connectivity index (χ3n) is 2.52. The topological polar surface area (TPSA) is 44.5 Å². The highest BCUT2D eigenvalue weighted by Gasteiger charge is 2.08. The Morgan fingerprint density at radius 3 is 2.47 bits per heavy atom. The average Bonchev–Trinajstić information content (AvgIpc) is 2.28. The van der Waals surface area contributed by atoms with Gasteiger partial charge in [-0.25, -0.2) is 0 Å². The van der Waals surface area contributed by atoms with Crippen molar-refractivity contribution in [3.63, 3.8) is 0 Å². The zero-order valence-corrected chi connectivity index (χ0v) is 11.2. The van der Waals surface area contributed by atoms with Gasteiger partial charge in [-0.2, -0.15) is 0 Å². The van der Waals surface area contributed by atoms with Crippen LogP contribution < -0.4 is 10.5 Å². The summed E-state index contributed by atoms with van der Waals surface area (Å²) in [6, 6.07) is 6.16. The van der Waals surface area contributed by atoms with Gasteiger partial charge in [0.1, 0.15) is 5.75 Å². The van der Waals surface area contributed by atoms with Gasteiger partial charge in [0.25, 0.3) is 0 Å². The van der Waals surface area contributed by atoms with E-state index in [0.717, 1.165) is 16.9 Å². The monoisotopic (exact) mass is 237 g/mol. The summed E-state index contributed by atoms with van der Waals surface area (Å²) in [4.78, 5) is 0. The zero-order valence-electron chi connectivity index (χ0n) is 11.2. The molecule has 96 valence electrons. The van der Waals surface area contributed by atoms with Crippen LogP contribution in [0.15, 0.2) is 18.2 Å². The molecule has 0 fully saturated rings. The van der Waals surface area contributed by atoms with Crippen molar-refractivity contribution < 1.29 is 9.47 Å². The molecule has 3 nitrogen and oxygen atoms in total. The molecule has 3 heteroatoms. The Morgan fingerprint density at radius 1 is 1.24 bits per heavy atom. The van der Waals surface area contributed by atoms with Crippen LogP contribution in [-0.2, 0) is 4.74 Å². The van der Waals surface area contributed by atoms with Crippen LogP contribution in [0.25, 0.3) is 0 Å². The maximum absolute atomic E-state index is 5.70. The van der Waals surface area contributed by atoms with E-state index in [2.05, 4.69) is 13.0 Å². The van der Waals surface area contributed by atoms with Crippen molar-refractivity contribution in [2.24, 2.45) is 5.73 Å². The Balaban J connectivity index is 2.73. The largest absolute Gasteiger partial charge is 0.491 e. The van der Waals surface area contributed by atoms with Gasteiger partial charge < -0.3 is 15.2 Å². The van der Waals surface area contributed by atoms with Gasteiger partial charge in [0.05, 0.1) is 18.8 Å². The first kappa shape index (κ1) is 14.0. The molecule has 1 unspecified atom stereocenters. The first-order valence-corrected chi connectivity index (χ1v) is 6.13. The molecular formula is C14H23NO2. The Morgan fingerprint density at radius 2 is 1.94 bits per heavy atom. The van der Waals surface area contributed by atoms with E-state index in [1.165, 1.54) is 0 Å².